The number of aromatic nitrogens is 3. The first-order valence-corrected chi connectivity index (χ1v) is 12.8. The number of carbonyl (C=O) groups is 3. The second kappa shape index (κ2) is 11.3. The largest absolute Gasteiger partial charge is 0.493 e. The van der Waals surface area contributed by atoms with Crippen LogP contribution in [-0.2, 0) is 20.9 Å². The van der Waals surface area contributed by atoms with Crippen LogP contribution in [0.5, 0.6) is 5.75 Å². The van der Waals surface area contributed by atoms with E-state index in [1.807, 2.05) is 0 Å². The quantitative estimate of drug-likeness (QED) is 0.208. The minimum Gasteiger partial charge on any atom is -0.493 e. The lowest BCUT2D eigenvalue weighted by molar-refractivity contribution is -0.165. The van der Waals surface area contributed by atoms with Crippen LogP contribution in [-0.4, -0.2) is 62.7 Å². The van der Waals surface area contributed by atoms with Crippen molar-refractivity contribution in [3.63, 3.8) is 0 Å². The first-order valence-electron chi connectivity index (χ1n) is 12.8. The third kappa shape index (κ3) is 5.30. The molecule has 12 nitrogen and oxygen atoms in total. The normalized spacial score (nSPS) is 14.4. The predicted molar refractivity (Wildman–Crippen MR) is 140 cm³/mol. The lowest BCUT2D eigenvalue weighted by Crippen LogP contribution is -2.43. The number of hydrogen-bond acceptors (Lipinski definition) is 9. The molecule has 0 spiro atoms. The average molecular weight is 550 g/mol. The van der Waals surface area contributed by atoms with Crippen LogP contribution in [0.4, 0.5) is 0 Å². The summed E-state index contributed by atoms with van der Waals surface area (Å²) in [5.41, 5.74) is -2.30. The highest BCUT2D eigenvalue weighted by atomic mass is 16.5. The molecule has 40 heavy (non-hydrogen) atoms. The Morgan fingerprint density at radius 3 is 2.55 bits per heavy atom. The van der Waals surface area contributed by atoms with Crippen LogP contribution in [0.3, 0.4) is 0 Å². The summed E-state index contributed by atoms with van der Waals surface area (Å²) >= 11 is 0. The third-order valence-corrected chi connectivity index (χ3v) is 7.33. The van der Waals surface area contributed by atoms with E-state index in [0.717, 1.165) is 17.5 Å². The summed E-state index contributed by atoms with van der Waals surface area (Å²) in [6, 6.07) is 11.4. The molecule has 1 fully saturated rings. The van der Waals surface area contributed by atoms with Crippen molar-refractivity contribution in [3.8, 4) is 5.75 Å². The van der Waals surface area contributed by atoms with Gasteiger partial charge in [-0.2, -0.15) is 0 Å². The van der Waals surface area contributed by atoms with Crippen LogP contribution in [0.15, 0.2) is 57.9 Å². The Hall–Kier alpha value is -4.58. The van der Waals surface area contributed by atoms with Gasteiger partial charge in [0.25, 0.3) is 5.56 Å². The van der Waals surface area contributed by atoms with Crippen LogP contribution >= 0.6 is 0 Å². The van der Waals surface area contributed by atoms with E-state index >= 15 is 0 Å². The minimum atomic E-state index is -2.51. The number of ketones is 1. The van der Waals surface area contributed by atoms with E-state index in [9.17, 15) is 29.4 Å². The molecular formula is C28H27N3O9. The van der Waals surface area contributed by atoms with Crippen LogP contribution in [0.1, 0.15) is 36.0 Å². The fourth-order valence-electron chi connectivity index (χ4n) is 4.82. The number of aryl methyl sites for hydroxylation is 1. The molecule has 4 aromatic rings. The number of Topliss-reactive ketones (excluding diaryl/α,β-unsaturated/α-hetero) is 1. The first kappa shape index (κ1) is 27.0. The van der Waals surface area contributed by atoms with Gasteiger partial charge >= 0.3 is 11.9 Å². The maximum absolute atomic E-state index is 13.3. The van der Waals surface area contributed by atoms with Crippen molar-refractivity contribution >= 4 is 39.6 Å². The maximum Gasteiger partial charge on any atom is 0.321 e. The number of benzene rings is 2. The molecule has 208 valence electrons. The summed E-state index contributed by atoms with van der Waals surface area (Å²) in [5, 5.41) is 28.3. The van der Waals surface area contributed by atoms with Crippen molar-refractivity contribution in [1.29, 1.82) is 0 Å². The van der Waals surface area contributed by atoms with Crippen molar-refractivity contribution < 1.29 is 38.5 Å². The van der Waals surface area contributed by atoms with E-state index in [4.69, 9.17) is 13.9 Å². The third-order valence-electron chi connectivity index (χ3n) is 7.33. The molecule has 0 bridgehead atoms. The van der Waals surface area contributed by atoms with Gasteiger partial charge in [0.05, 0.1) is 17.6 Å². The molecule has 2 aromatic heterocycles. The zero-order chi connectivity index (χ0) is 28.3. The number of carbonyl (C=O) groups excluding carboxylic acids is 1. The van der Waals surface area contributed by atoms with Crippen LogP contribution in [0, 0.1) is 11.3 Å². The number of fused-ring (bicyclic) bond motifs is 2. The summed E-state index contributed by atoms with van der Waals surface area (Å²) in [7, 11) is 0. The zero-order valence-electron chi connectivity index (χ0n) is 21.4. The van der Waals surface area contributed by atoms with Gasteiger partial charge < -0.3 is 24.1 Å². The van der Waals surface area contributed by atoms with Gasteiger partial charge in [-0.15, -0.1) is 5.10 Å². The van der Waals surface area contributed by atoms with Gasteiger partial charge in [0, 0.05) is 37.6 Å². The second-order valence-electron chi connectivity index (χ2n) is 9.85. The van der Waals surface area contributed by atoms with Gasteiger partial charge in [-0.3, -0.25) is 19.2 Å². The summed E-state index contributed by atoms with van der Waals surface area (Å²) in [4.78, 5) is 50.6. The fourth-order valence-corrected chi connectivity index (χ4v) is 4.82. The molecule has 2 aromatic carbocycles. The zero-order valence-corrected chi connectivity index (χ0v) is 21.4. The van der Waals surface area contributed by atoms with Gasteiger partial charge in [-0.1, -0.05) is 17.3 Å². The molecule has 12 heteroatoms. The number of carboxylic acid groups (broad SMARTS) is 2. The standard InChI is InChI=1S/C28H27N3O9/c32-23(21-16-40-24-13-18(5-6-19(21)24)39-15-17-7-11-38-12-8-17)14-28(26(34)35,27(36)37)9-10-31-25(33)20-3-1-2-4-22(20)29-30-31/h1-6,13,16-17H,7-12,14-15H2,(H,34,35)(H,36,37). The topological polar surface area (TPSA) is 171 Å². The fraction of sp³-hybridized carbons (Fsp3) is 0.357. The number of nitrogens with zero attached hydrogens (tertiary/aromatic N) is 3. The Labute approximate surface area is 227 Å². The highest BCUT2D eigenvalue weighted by Gasteiger charge is 2.48. The number of rotatable bonds is 11. The Balaban J connectivity index is 1.34. The minimum absolute atomic E-state index is 0.0560. The molecular weight excluding hydrogens is 522 g/mol. The molecule has 3 heterocycles. The summed E-state index contributed by atoms with van der Waals surface area (Å²) < 4.78 is 17.7. The number of furan rings is 1. The Morgan fingerprint density at radius 2 is 1.80 bits per heavy atom. The number of carboxylic acids is 2. The van der Waals surface area contributed by atoms with Crippen LogP contribution in [0.25, 0.3) is 21.9 Å². The maximum atomic E-state index is 13.3. The number of aliphatic carboxylic acids is 2. The smallest absolute Gasteiger partial charge is 0.321 e. The molecule has 2 N–H and O–H groups in total. The predicted octanol–water partition coefficient (Wildman–Crippen LogP) is 3.16. The van der Waals surface area contributed by atoms with Crippen molar-refractivity contribution in [1.82, 2.24) is 15.0 Å². The van der Waals surface area contributed by atoms with E-state index in [-0.39, 0.29) is 17.5 Å². The Kier molecular flexibility index (Phi) is 7.60. The number of ether oxygens (including phenoxy) is 2. The molecule has 1 aliphatic heterocycles. The monoisotopic (exact) mass is 549 g/mol. The average Bonchev–Trinajstić information content (AvgIpc) is 3.39. The Bertz CT molecular complexity index is 1620. The SMILES string of the molecule is O=C(CC(CCn1nnc2ccccc2c1=O)(C(=O)O)C(=O)O)c1coc2cc(OCC3CCOCC3)ccc12. The molecule has 0 unspecified atom stereocenters. The van der Waals surface area contributed by atoms with Crippen molar-refractivity contribution in [2.45, 2.75) is 32.2 Å². The summed E-state index contributed by atoms with van der Waals surface area (Å²) in [5.74, 6) is -3.19. The molecule has 0 radical (unpaired) electrons. The van der Waals surface area contributed by atoms with Crippen LogP contribution < -0.4 is 10.3 Å². The van der Waals surface area contributed by atoms with E-state index in [1.54, 1.807) is 42.5 Å². The molecule has 1 aliphatic rings. The molecule has 1 saturated heterocycles. The summed E-state index contributed by atoms with van der Waals surface area (Å²) in [6.07, 6.45) is 1.58. The van der Waals surface area contributed by atoms with E-state index in [1.165, 1.54) is 6.26 Å². The van der Waals surface area contributed by atoms with E-state index in [0.29, 0.717) is 48.0 Å². The Morgan fingerprint density at radius 1 is 1.05 bits per heavy atom. The van der Waals surface area contributed by atoms with Crippen LogP contribution in [0.2, 0.25) is 0 Å². The van der Waals surface area contributed by atoms with Gasteiger partial charge in [0.15, 0.2) is 11.2 Å². The molecule has 5 rings (SSSR count). The summed E-state index contributed by atoms with van der Waals surface area (Å²) in [6.45, 7) is 1.56. The van der Waals surface area contributed by atoms with Gasteiger partial charge in [0.1, 0.15) is 23.1 Å². The lowest BCUT2D eigenvalue weighted by Gasteiger charge is -2.24. The van der Waals surface area contributed by atoms with Gasteiger partial charge in [-0.25, -0.2) is 4.68 Å². The van der Waals surface area contributed by atoms with Crippen molar-refractivity contribution in [3.05, 3.63) is 64.6 Å². The molecule has 0 atom stereocenters. The molecule has 0 aliphatic carbocycles. The second-order valence-corrected chi connectivity index (χ2v) is 9.85. The van der Waals surface area contributed by atoms with Crippen molar-refractivity contribution in [2.24, 2.45) is 11.3 Å². The van der Waals surface area contributed by atoms with E-state index < -0.39 is 41.5 Å². The number of hydrogen-bond donors (Lipinski definition) is 2. The highest BCUT2D eigenvalue weighted by molar-refractivity contribution is 6.11. The molecule has 0 amide bonds. The molecule has 0 saturated carbocycles. The highest BCUT2D eigenvalue weighted by Crippen LogP contribution is 2.33. The lowest BCUT2D eigenvalue weighted by atomic mass is 9.78. The van der Waals surface area contributed by atoms with Gasteiger partial charge in [0.2, 0.25) is 0 Å². The van der Waals surface area contributed by atoms with Crippen molar-refractivity contribution in [2.75, 3.05) is 19.8 Å². The van der Waals surface area contributed by atoms with Gasteiger partial charge in [-0.05, 0) is 49.4 Å². The first-order chi connectivity index (χ1) is 19.3. The van der Waals surface area contributed by atoms with E-state index in [2.05, 4.69) is 10.3 Å².